The molecule has 4 saturated carbocycles. The highest BCUT2D eigenvalue weighted by atomic mass is 16.2. The van der Waals surface area contributed by atoms with Crippen molar-refractivity contribution >= 4 is 11.7 Å². The summed E-state index contributed by atoms with van der Waals surface area (Å²) in [5, 5.41) is 0. The smallest absolute Gasteiger partial charge is 0.237 e. The van der Waals surface area contributed by atoms with Crippen LogP contribution in [0.5, 0.6) is 0 Å². The number of nitrogens with two attached hydrogens (primary N) is 2. The number of amides is 1. The first-order valence-electron chi connectivity index (χ1n) is 7.43. The molecule has 0 radical (unpaired) electrons. The zero-order chi connectivity index (χ0) is 13.8. The molecule has 0 spiro atoms. The molecule has 0 aromatic heterocycles. The maximum atomic E-state index is 12.7. The number of hydrogen-bond acceptors (Lipinski definition) is 3. The predicted molar refractivity (Wildman–Crippen MR) is 72.0 cm³/mol. The number of Topliss-reactive ketones (excluding diaryl/α,β-unsaturated/α-hetero) is 1. The summed E-state index contributed by atoms with van der Waals surface area (Å²) in [4.78, 5) is 24.1. The zero-order valence-electron chi connectivity index (χ0n) is 11.7. The van der Waals surface area contributed by atoms with Gasteiger partial charge < -0.3 is 11.5 Å². The van der Waals surface area contributed by atoms with Crippen molar-refractivity contribution in [2.24, 2.45) is 34.6 Å². The lowest BCUT2D eigenvalue weighted by atomic mass is 9.48. The molecule has 1 amide bonds. The second-order valence-electron chi connectivity index (χ2n) is 7.58. The molecule has 0 heterocycles. The van der Waals surface area contributed by atoms with Gasteiger partial charge in [0.05, 0.1) is 5.54 Å². The number of carbonyl (C=O) groups excluding carboxylic acids is 2. The molecule has 0 aromatic rings. The van der Waals surface area contributed by atoms with Crippen LogP contribution in [0.15, 0.2) is 0 Å². The largest absolute Gasteiger partial charge is 0.368 e. The van der Waals surface area contributed by atoms with Crippen LogP contribution in [0.1, 0.15) is 51.9 Å². The van der Waals surface area contributed by atoms with Gasteiger partial charge in [-0.05, 0) is 63.2 Å². The van der Waals surface area contributed by atoms with Crippen molar-refractivity contribution in [2.45, 2.75) is 57.4 Å². The molecule has 0 aromatic carbocycles. The number of rotatable bonds is 4. The molecule has 4 aliphatic carbocycles. The molecule has 106 valence electrons. The normalized spacial score (nSPS) is 42.9. The molecule has 4 heteroatoms. The van der Waals surface area contributed by atoms with Crippen LogP contribution in [-0.4, -0.2) is 17.2 Å². The number of ketones is 1. The summed E-state index contributed by atoms with van der Waals surface area (Å²) in [6.45, 7) is 1.58. The predicted octanol–water partition coefficient (Wildman–Crippen LogP) is 1.36. The number of hydrogen-bond donors (Lipinski definition) is 2. The third-order valence-electron chi connectivity index (χ3n) is 5.72. The monoisotopic (exact) mass is 264 g/mol. The standard InChI is InChI=1S/C15H24N2O2/c1-14(17,13(16)19)8-12(18)15-5-9-2-10(6-15)4-11(3-9)7-15/h9-11H,2-8,17H2,1H3,(H2,16,19). The summed E-state index contributed by atoms with van der Waals surface area (Å²) < 4.78 is 0. The molecule has 4 aliphatic rings. The molecule has 1 unspecified atom stereocenters. The van der Waals surface area contributed by atoms with Gasteiger partial charge in [0.2, 0.25) is 5.91 Å². The van der Waals surface area contributed by atoms with Crippen LogP contribution >= 0.6 is 0 Å². The van der Waals surface area contributed by atoms with E-state index in [9.17, 15) is 9.59 Å². The van der Waals surface area contributed by atoms with E-state index in [0.717, 1.165) is 37.0 Å². The van der Waals surface area contributed by atoms with E-state index in [0.29, 0.717) is 0 Å². The van der Waals surface area contributed by atoms with Gasteiger partial charge in [-0.1, -0.05) is 0 Å². The van der Waals surface area contributed by atoms with E-state index in [1.165, 1.54) is 19.3 Å². The maximum absolute atomic E-state index is 12.7. The first-order valence-corrected chi connectivity index (χ1v) is 7.43. The summed E-state index contributed by atoms with van der Waals surface area (Å²) in [7, 11) is 0. The Balaban J connectivity index is 1.78. The Morgan fingerprint density at radius 2 is 1.53 bits per heavy atom. The maximum Gasteiger partial charge on any atom is 0.237 e. The van der Waals surface area contributed by atoms with Crippen molar-refractivity contribution < 1.29 is 9.59 Å². The van der Waals surface area contributed by atoms with Gasteiger partial charge in [-0.3, -0.25) is 9.59 Å². The lowest BCUT2D eigenvalue weighted by Gasteiger charge is -2.56. The van der Waals surface area contributed by atoms with Crippen LogP contribution in [0.4, 0.5) is 0 Å². The van der Waals surface area contributed by atoms with Crippen LogP contribution < -0.4 is 11.5 Å². The number of primary amides is 1. The first-order chi connectivity index (χ1) is 8.81. The first kappa shape index (κ1) is 13.1. The average Bonchev–Trinajstić information content (AvgIpc) is 2.26. The van der Waals surface area contributed by atoms with E-state index < -0.39 is 11.4 Å². The summed E-state index contributed by atoms with van der Waals surface area (Å²) >= 11 is 0. The average molecular weight is 264 g/mol. The summed E-state index contributed by atoms with van der Waals surface area (Å²) in [5.74, 6) is 1.80. The van der Waals surface area contributed by atoms with E-state index in [-0.39, 0.29) is 17.6 Å². The van der Waals surface area contributed by atoms with Gasteiger partial charge >= 0.3 is 0 Å². The fraction of sp³-hybridized carbons (Fsp3) is 0.867. The molecule has 0 saturated heterocycles. The van der Waals surface area contributed by atoms with Crippen LogP contribution in [0.2, 0.25) is 0 Å². The Bertz CT molecular complexity index is 393. The fourth-order valence-corrected chi connectivity index (χ4v) is 5.06. The highest BCUT2D eigenvalue weighted by molar-refractivity contribution is 5.94. The molecule has 4 nitrogen and oxygen atoms in total. The second-order valence-corrected chi connectivity index (χ2v) is 7.58. The lowest BCUT2D eigenvalue weighted by Crippen LogP contribution is -2.55. The minimum absolute atomic E-state index is 0.106. The molecule has 4 rings (SSSR count). The Kier molecular flexibility index (Phi) is 2.79. The van der Waals surface area contributed by atoms with Gasteiger partial charge in [0, 0.05) is 11.8 Å². The second kappa shape index (κ2) is 4.05. The quantitative estimate of drug-likeness (QED) is 0.804. The van der Waals surface area contributed by atoms with Gasteiger partial charge in [-0.15, -0.1) is 0 Å². The van der Waals surface area contributed by atoms with E-state index >= 15 is 0 Å². The van der Waals surface area contributed by atoms with E-state index in [4.69, 9.17) is 11.5 Å². The molecular weight excluding hydrogens is 240 g/mol. The van der Waals surface area contributed by atoms with Crippen LogP contribution in [0, 0.1) is 23.2 Å². The minimum Gasteiger partial charge on any atom is -0.368 e. The summed E-state index contributed by atoms with van der Waals surface area (Å²) in [5.41, 5.74) is 9.81. The van der Waals surface area contributed by atoms with Gasteiger partial charge in [0.1, 0.15) is 5.78 Å². The van der Waals surface area contributed by atoms with Crippen LogP contribution in [0.25, 0.3) is 0 Å². The van der Waals surface area contributed by atoms with Crippen molar-refractivity contribution in [2.75, 3.05) is 0 Å². The Labute approximate surface area is 114 Å². The molecule has 19 heavy (non-hydrogen) atoms. The van der Waals surface area contributed by atoms with Gasteiger partial charge in [0.25, 0.3) is 0 Å². The van der Waals surface area contributed by atoms with Crippen LogP contribution in [0.3, 0.4) is 0 Å². The number of carbonyl (C=O) groups is 2. The van der Waals surface area contributed by atoms with Gasteiger partial charge in [0.15, 0.2) is 0 Å². The third-order valence-corrected chi connectivity index (χ3v) is 5.72. The molecule has 4 N–H and O–H groups in total. The summed E-state index contributed by atoms with van der Waals surface area (Å²) in [6, 6.07) is 0. The van der Waals surface area contributed by atoms with Crippen molar-refractivity contribution in [3.63, 3.8) is 0 Å². The highest BCUT2D eigenvalue weighted by Crippen LogP contribution is 2.60. The minimum atomic E-state index is -1.19. The third kappa shape index (κ3) is 2.10. The van der Waals surface area contributed by atoms with Crippen molar-refractivity contribution in [1.29, 1.82) is 0 Å². The van der Waals surface area contributed by atoms with Crippen LogP contribution in [-0.2, 0) is 9.59 Å². The molecule has 4 bridgehead atoms. The SMILES string of the molecule is CC(N)(CC(=O)C12CC3CC(CC(C3)C1)C2)C(N)=O. The van der Waals surface area contributed by atoms with Crippen molar-refractivity contribution in [1.82, 2.24) is 0 Å². The van der Waals surface area contributed by atoms with Gasteiger partial charge in [-0.2, -0.15) is 0 Å². The van der Waals surface area contributed by atoms with E-state index in [1.54, 1.807) is 6.92 Å². The highest BCUT2D eigenvalue weighted by Gasteiger charge is 2.55. The topological polar surface area (TPSA) is 86.2 Å². The van der Waals surface area contributed by atoms with E-state index in [1.807, 2.05) is 0 Å². The van der Waals surface area contributed by atoms with Gasteiger partial charge in [-0.25, -0.2) is 0 Å². The van der Waals surface area contributed by atoms with Crippen molar-refractivity contribution in [3.8, 4) is 0 Å². The zero-order valence-corrected chi connectivity index (χ0v) is 11.7. The fourth-order valence-electron chi connectivity index (χ4n) is 5.06. The lowest BCUT2D eigenvalue weighted by molar-refractivity contribution is -0.146. The molecule has 0 aliphatic heterocycles. The molecule has 4 fully saturated rings. The molecule has 1 atom stereocenters. The molecular formula is C15H24N2O2. The Hall–Kier alpha value is -0.900. The van der Waals surface area contributed by atoms with E-state index in [2.05, 4.69) is 0 Å². The van der Waals surface area contributed by atoms with Crippen molar-refractivity contribution in [3.05, 3.63) is 0 Å². The summed E-state index contributed by atoms with van der Waals surface area (Å²) in [6.07, 6.45) is 7.09. The Morgan fingerprint density at radius 1 is 1.11 bits per heavy atom. The Morgan fingerprint density at radius 3 is 1.89 bits per heavy atom.